The molecule has 0 saturated heterocycles. The van der Waals surface area contributed by atoms with Crippen molar-refractivity contribution in [3.8, 4) is 0 Å². The average Bonchev–Trinajstić information content (AvgIpc) is 0.665. The first-order chi connectivity index (χ1) is 70.5. The van der Waals surface area contributed by atoms with Gasteiger partial charge in [-0.25, -0.2) is 0 Å². The zero-order valence-corrected chi connectivity index (χ0v) is 104. The minimum atomic E-state index is -0.734. The van der Waals surface area contributed by atoms with Crippen molar-refractivity contribution in [3.05, 3.63) is 0 Å². The van der Waals surface area contributed by atoms with Gasteiger partial charge in [0.15, 0.2) is 0 Å². The average molecular weight is 2010 g/mol. The molecule has 0 aromatic carbocycles. The van der Waals surface area contributed by atoms with Gasteiger partial charge in [0.1, 0.15) is 0 Å². The number of aliphatic hydroxyl groups is 1. The van der Waals surface area contributed by atoms with Crippen molar-refractivity contribution in [2.45, 2.75) is 879 Å². The Morgan fingerprint density at radius 2 is 0.210 bits per heavy atom. The molecule has 0 radical (unpaired) electrons. The van der Waals surface area contributed by atoms with Crippen LogP contribution in [-0.2, 0) is 0 Å². The van der Waals surface area contributed by atoms with Crippen molar-refractivity contribution >= 4 is 0 Å². The highest BCUT2D eigenvalue weighted by atomic mass is 16.3. The van der Waals surface area contributed by atoms with Crippen LogP contribution in [0.4, 0.5) is 0 Å². The van der Waals surface area contributed by atoms with Gasteiger partial charge in [0, 0.05) is 5.41 Å². The van der Waals surface area contributed by atoms with E-state index in [-0.39, 0.29) is 27.1 Å². The lowest BCUT2D eigenvalue weighted by Gasteiger charge is -2.76. The van der Waals surface area contributed by atoms with Gasteiger partial charge in [-0.3, -0.25) is 0 Å². The number of hydrogen-bond acceptors (Lipinski definition) is 1. The second-order valence-corrected chi connectivity index (χ2v) is 50.7. The van der Waals surface area contributed by atoms with Gasteiger partial charge in [-0.1, -0.05) is 784 Å². The Labute approximate surface area is 911 Å². The Morgan fingerprint density at radius 3 is 0.364 bits per heavy atom. The minimum absolute atomic E-state index is 0.0279. The van der Waals surface area contributed by atoms with Gasteiger partial charge in [-0.05, 0) is 117 Å². The molecule has 143 heavy (non-hydrogen) atoms. The summed E-state index contributed by atoms with van der Waals surface area (Å²) in [6, 6.07) is 0. The molecule has 1 nitrogen and oxygen atoms in total. The summed E-state index contributed by atoms with van der Waals surface area (Å²) >= 11 is 0. The Morgan fingerprint density at radius 1 is 0.105 bits per heavy atom. The fourth-order valence-corrected chi connectivity index (χ4v) is 29.8. The third kappa shape index (κ3) is 71.0. The summed E-state index contributed by atoms with van der Waals surface area (Å²) in [7, 11) is 0. The van der Waals surface area contributed by atoms with Crippen molar-refractivity contribution in [2.24, 2.45) is 33.0 Å². The molecule has 0 saturated carbocycles. The van der Waals surface area contributed by atoms with Crippen LogP contribution in [0, 0.1) is 33.0 Å². The molecule has 0 bridgehead atoms. The summed E-state index contributed by atoms with van der Waals surface area (Å²) in [5.74, 6) is 0.760. The summed E-state index contributed by atoms with van der Waals surface area (Å²) in [5.41, 5.74) is -0.552. The van der Waals surface area contributed by atoms with Gasteiger partial charge in [-0.2, -0.15) is 0 Å². The van der Waals surface area contributed by atoms with E-state index in [2.05, 4.69) is 96.9 Å². The van der Waals surface area contributed by atoms with Crippen LogP contribution < -0.4 is 0 Å². The molecule has 1 atom stereocenters. The molecule has 0 spiro atoms. The lowest BCUT2D eigenvalue weighted by atomic mass is 9.29. The molecule has 0 aliphatic rings. The van der Waals surface area contributed by atoms with Crippen LogP contribution in [0.5, 0.6) is 0 Å². The zero-order chi connectivity index (χ0) is 104. The van der Waals surface area contributed by atoms with Crippen molar-refractivity contribution in [2.75, 3.05) is 0 Å². The van der Waals surface area contributed by atoms with Gasteiger partial charge >= 0.3 is 0 Å². The highest BCUT2D eigenvalue weighted by molar-refractivity contribution is 5.23. The van der Waals surface area contributed by atoms with E-state index in [0.29, 0.717) is 0 Å². The highest BCUT2D eigenvalue weighted by Crippen LogP contribution is 2.81. The van der Waals surface area contributed by atoms with Crippen molar-refractivity contribution in [1.29, 1.82) is 0 Å². The summed E-state index contributed by atoms with van der Waals surface area (Å²) < 4.78 is 0. The second-order valence-electron chi connectivity index (χ2n) is 50.7. The first kappa shape index (κ1) is 143. The van der Waals surface area contributed by atoms with E-state index in [1.165, 1.54) is 764 Å². The summed E-state index contributed by atoms with van der Waals surface area (Å²) in [4.78, 5) is 0. The highest BCUT2D eigenvalue weighted by Gasteiger charge is 2.74. The van der Waals surface area contributed by atoms with Gasteiger partial charge in [0.05, 0.1) is 5.60 Å². The van der Waals surface area contributed by atoms with Crippen molar-refractivity contribution in [1.82, 2.24) is 0 Å². The molecular weight excluding hydrogens is 1720 g/mol. The van der Waals surface area contributed by atoms with Gasteiger partial charge < -0.3 is 5.11 Å². The first-order valence-electron chi connectivity index (χ1n) is 70.2. The molecule has 0 aromatic rings. The maximum absolute atomic E-state index is 17.6. The molecule has 1 heteroatoms. The van der Waals surface area contributed by atoms with E-state index in [0.717, 1.165) is 18.8 Å². The standard InChI is InChI=1S/C142H286O/c1-15-29-43-57-70-82-96-110-124-137(125-111-97-83-71-58-44-30-16-2,136(122-108-94-56-42-28-14)123-109-95-69-55-41-27-13)138(126-112-98-84-72-59-45-31-17-3,127-113-99-85-73-60-46-32-18-4)139(128-114-100-86-74-61-47-33-19-5,129-115-101-87-75-62-48-34-20-6)140(130-116-102-88-76-63-49-35-21-7,131-117-103-89-77-64-50-36-22-8)141(132-118-104-90-78-65-51-37-23-9,133-119-105-91-79-66-52-38-24-10)142(143,134-120-106-92-80-67-53-39-25-11)135-121-107-93-81-68-54-40-26-12/h136,143H,15-135H2,1-14H3. The maximum atomic E-state index is 17.6. The molecule has 860 valence electrons. The normalized spacial score (nSPS) is 12.9. The lowest BCUT2D eigenvalue weighted by molar-refractivity contribution is -0.293. The number of hydrogen-bond donors (Lipinski definition) is 1. The molecule has 1 N–H and O–H groups in total. The molecule has 1 unspecified atom stereocenters. The summed E-state index contributed by atoms with van der Waals surface area (Å²) in [5, 5.41) is 17.6. The van der Waals surface area contributed by atoms with Crippen molar-refractivity contribution < 1.29 is 5.11 Å². The fourth-order valence-electron chi connectivity index (χ4n) is 29.8. The number of rotatable bonds is 127. The van der Waals surface area contributed by atoms with E-state index < -0.39 is 5.60 Å². The smallest absolute Gasteiger partial charge is 0.0709 e. The van der Waals surface area contributed by atoms with Crippen LogP contribution in [0.15, 0.2) is 0 Å². The topological polar surface area (TPSA) is 20.2 Å². The van der Waals surface area contributed by atoms with Crippen molar-refractivity contribution in [3.63, 3.8) is 0 Å². The Balaban J connectivity index is 13.1. The monoisotopic (exact) mass is 2010 g/mol. The van der Waals surface area contributed by atoms with Crippen LogP contribution in [0.2, 0.25) is 0 Å². The van der Waals surface area contributed by atoms with E-state index in [1.54, 1.807) is 0 Å². The van der Waals surface area contributed by atoms with Crippen LogP contribution in [0.1, 0.15) is 874 Å². The van der Waals surface area contributed by atoms with Gasteiger partial charge in [-0.15, -0.1) is 0 Å². The first-order valence-corrected chi connectivity index (χ1v) is 70.2. The lowest BCUT2D eigenvalue weighted by Crippen LogP contribution is -2.71. The molecule has 0 fully saturated rings. The van der Waals surface area contributed by atoms with E-state index in [1.807, 2.05) is 0 Å². The largest absolute Gasteiger partial charge is 0.389 e. The zero-order valence-electron chi connectivity index (χ0n) is 104. The predicted octanol–water partition coefficient (Wildman–Crippen LogP) is 53.7. The molecule has 0 aromatic heterocycles. The van der Waals surface area contributed by atoms with Crippen LogP contribution in [0.25, 0.3) is 0 Å². The predicted molar refractivity (Wildman–Crippen MR) is 659 cm³/mol. The third-order valence-corrected chi connectivity index (χ3v) is 38.4. The number of unbranched alkanes of at least 4 members (excludes halogenated alkanes) is 93. The van der Waals surface area contributed by atoms with Gasteiger partial charge in [0.25, 0.3) is 0 Å². The van der Waals surface area contributed by atoms with E-state index in [9.17, 15) is 0 Å². The van der Waals surface area contributed by atoms with Crippen LogP contribution in [-0.4, -0.2) is 10.7 Å². The molecule has 0 aliphatic heterocycles. The third-order valence-electron chi connectivity index (χ3n) is 38.4. The molecule has 0 amide bonds. The Bertz CT molecular complexity index is 2220. The molecule has 0 heterocycles. The van der Waals surface area contributed by atoms with Crippen LogP contribution >= 0.6 is 0 Å². The molecular formula is C142H286O. The minimum Gasteiger partial charge on any atom is -0.389 e. The molecule has 0 rings (SSSR count). The Hall–Kier alpha value is -0.0400. The van der Waals surface area contributed by atoms with Crippen LogP contribution in [0.3, 0.4) is 0 Å². The quantitative estimate of drug-likeness (QED) is 0.0602. The van der Waals surface area contributed by atoms with E-state index in [4.69, 9.17) is 0 Å². The van der Waals surface area contributed by atoms with Gasteiger partial charge in [0.2, 0.25) is 0 Å². The second kappa shape index (κ2) is 110. The molecule has 0 aliphatic carbocycles. The summed E-state index contributed by atoms with van der Waals surface area (Å²) in [6.07, 6.45) is 172. The summed E-state index contributed by atoms with van der Waals surface area (Å²) in [6.45, 7) is 34.7. The van der Waals surface area contributed by atoms with E-state index >= 15 is 5.11 Å². The fraction of sp³-hybridized carbons (Fsp3) is 1.00. The Kier molecular flexibility index (Phi) is 110. The maximum Gasteiger partial charge on any atom is 0.0709 e. The SMILES string of the molecule is CCCCCCCCCCC(O)(CCCCCCCCCC)C(CCCCCCCCCC)(CCCCCCCCCC)C(CCCCCCCCCC)(CCCCCCCCCC)C(CCCCCCCCCC)(CCCCCCCCCC)C(CCCCCCCCCC)(CCCCCCCCCC)C(CCCCCCCCCC)(CCCCCCCCCC)C(CCCCCCC)CCCCCCCC.